The van der Waals surface area contributed by atoms with Gasteiger partial charge in [0.25, 0.3) is 5.91 Å². The fourth-order valence-electron chi connectivity index (χ4n) is 3.23. The molecule has 1 N–H and O–H groups in total. The van der Waals surface area contributed by atoms with E-state index in [-0.39, 0.29) is 11.8 Å². The predicted molar refractivity (Wildman–Crippen MR) is 90.8 cm³/mol. The number of rotatable bonds is 4. The van der Waals surface area contributed by atoms with Gasteiger partial charge in [0.05, 0.1) is 13.2 Å². The number of ether oxygens (including phenoxy) is 1. The van der Waals surface area contributed by atoms with E-state index in [0.717, 1.165) is 18.4 Å². The molecule has 1 atom stereocenters. The lowest BCUT2D eigenvalue weighted by molar-refractivity contribution is 0.0460. The van der Waals surface area contributed by atoms with Crippen LogP contribution in [0.4, 0.5) is 0 Å². The lowest BCUT2D eigenvalue weighted by Crippen LogP contribution is -2.40. The van der Waals surface area contributed by atoms with Crippen LogP contribution in [0.3, 0.4) is 0 Å². The van der Waals surface area contributed by atoms with Crippen molar-refractivity contribution in [2.45, 2.75) is 18.9 Å². The van der Waals surface area contributed by atoms with Crippen LogP contribution < -0.4 is 4.74 Å². The number of aromatic nitrogens is 1. The first kappa shape index (κ1) is 16.5. The van der Waals surface area contributed by atoms with Gasteiger partial charge < -0.3 is 14.7 Å². The van der Waals surface area contributed by atoms with Gasteiger partial charge >= 0.3 is 0 Å². The highest BCUT2D eigenvalue weighted by Gasteiger charge is 2.29. The van der Waals surface area contributed by atoms with Crippen molar-refractivity contribution in [1.29, 1.82) is 0 Å². The largest absolute Gasteiger partial charge is 0.480 e. The molecule has 0 unspecified atom stereocenters. The van der Waals surface area contributed by atoms with E-state index >= 15 is 0 Å². The number of hydrogen-bond acceptors (Lipinski definition) is 4. The molecule has 0 spiro atoms. The Morgan fingerprint density at radius 3 is 2.58 bits per heavy atom. The van der Waals surface area contributed by atoms with Gasteiger partial charge in [-0.1, -0.05) is 30.3 Å². The van der Waals surface area contributed by atoms with Crippen LogP contribution in [0.2, 0.25) is 0 Å². The topological polar surface area (TPSA) is 62.7 Å². The summed E-state index contributed by atoms with van der Waals surface area (Å²) in [5.74, 6) is 0.466. The van der Waals surface area contributed by atoms with E-state index in [4.69, 9.17) is 4.74 Å². The Kier molecular flexibility index (Phi) is 5.11. The third-order valence-corrected chi connectivity index (χ3v) is 4.61. The summed E-state index contributed by atoms with van der Waals surface area (Å²) in [7, 11) is 1.52. The van der Waals surface area contributed by atoms with Crippen molar-refractivity contribution < 1.29 is 14.6 Å². The Bertz CT molecular complexity index is 682. The first-order valence-electron chi connectivity index (χ1n) is 8.22. The van der Waals surface area contributed by atoms with Crippen LogP contribution in [0.5, 0.6) is 5.88 Å². The fraction of sp³-hybridized carbons (Fsp3) is 0.368. The summed E-state index contributed by atoms with van der Waals surface area (Å²) in [4.78, 5) is 18.6. The van der Waals surface area contributed by atoms with Gasteiger partial charge in [-0.05, 0) is 36.5 Å². The maximum Gasteiger partial charge on any atom is 0.259 e. The van der Waals surface area contributed by atoms with Gasteiger partial charge in [-0.2, -0.15) is 0 Å². The molecule has 2 heterocycles. The zero-order chi connectivity index (χ0) is 16.9. The highest BCUT2D eigenvalue weighted by Crippen LogP contribution is 2.31. The summed E-state index contributed by atoms with van der Waals surface area (Å²) in [6.45, 7) is 1.26. The fourth-order valence-corrected chi connectivity index (χ4v) is 3.23. The predicted octanol–water partition coefficient (Wildman–Crippen LogP) is 2.68. The van der Waals surface area contributed by atoms with Gasteiger partial charge in [0.2, 0.25) is 5.88 Å². The number of nitrogens with zero attached hydrogens (tertiary/aromatic N) is 2. The van der Waals surface area contributed by atoms with E-state index in [9.17, 15) is 9.90 Å². The summed E-state index contributed by atoms with van der Waals surface area (Å²) in [5.41, 5.74) is 1.43. The first-order chi connectivity index (χ1) is 11.7. The number of aliphatic hydroxyl groups is 1. The van der Waals surface area contributed by atoms with E-state index in [2.05, 4.69) is 4.98 Å². The summed E-state index contributed by atoms with van der Waals surface area (Å²) >= 11 is 0. The molecule has 5 heteroatoms. The van der Waals surface area contributed by atoms with Crippen LogP contribution in [-0.4, -0.2) is 41.1 Å². The molecule has 126 valence electrons. The molecule has 1 fully saturated rings. The highest BCUT2D eigenvalue weighted by molar-refractivity contribution is 5.96. The molecule has 0 radical (unpaired) electrons. The Morgan fingerprint density at radius 2 is 1.92 bits per heavy atom. The van der Waals surface area contributed by atoms with E-state index in [1.165, 1.54) is 7.11 Å². The van der Waals surface area contributed by atoms with Gasteiger partial charge in [-0.3, -0.25) is 4.79 Å². The molecule has 1 aliphatic heterocycles. The number of carbonyl (C=O) groups excluding carboxylic acids is 1. The van der Waals surface area contributed by atoms with Crippen molar-refractivity contribution in [2.24, 2.45) is 5.92 Å². The summed E-state index contributed by atoms with van der Waals surface area (Å²) in [5, 5.41) is 10.5. The number of carbonyl (C=O) groups is 1. The van der Waals surface area contributed by atoms with Crippen LogP contribution in [-0.2, 0) is 0 Å². The molecule has 0 aliphatic carbocycles. The van der Waals surface area contributed by atoms with Crippen molar-refractivity contribution in [3.05, 3.63) is 59.8 Å². The minimum Gasteiger partial charge on any atom is -0.480 e. The van der Waals surface area contributed by atoms with Gasteiger partial charge in [0.1, 0.15) is 5.56 Å². The van der Waals surface area contributed by atoms with Crippen molar-refractivity contribution in [2.75, 3.05) is 20.2 Å². The highest BCUT2D eigenvalue weighted by atomic mass is 16.5. The van der Waals surface area contributed by atoms with Crippen molar-refractivity contribution in [3.63, 3.8) is 0 Å². The molecular weight excluding hydrogens is 304 g/mol. The third-order valence-electron chi connectivity index (χ3n) is 4.61. The van der Waals surface area contributed by atoms with Crippen LogP contribution in [0.25, 0.3) is 0 Å². The molecule has 3 rings (SSSR count). The Morgan fingerprint density at radius 1 is 1.21 bits per heavy atom. The van der Waals surface area contributed by atoms with Gasteiger partial charge in [0.15, 0.2) is 0 Å². The molecule has 5 nitrogen and oxygen atoms in total. The Balaban J connectivity index is 1.64. The first-order valence-corrected chi connectivity index (χ1v) is 8.22. The van der Waals surface area contributed by atoms with Crippen LogP contribution in [0.15, 0.2) is 48.7 Å². The van der Waals surface area contributed by atoms with Crippen molar-refractivity contribution in [1.82, 2.24) is 9.88 Å². The zero-order valence-electron chi connectivity index (χ0n) is 13.8. The Hall–Kier alpha value is -2.40. The minimum atomic E-state index is -0.476. The number of hydrogen-bond donors (Lipinski definition) is 1. The quantitative estimate of drug-likeness (QED) is 0.938. The average molecular weight is 326 g/mol. The number of piperidine rings is 1. The average Bonchev–Trinajstić information content (AvgIpc) is 2.67. The second-order valence-electron chi connectivity index (χ2n) is 6.05. The van der Waals surface area contributed by atoms with E-state index in [1.54, 1.807) is 18.3 Å². The Labute approximate surface area is 141 Å². The molecule has 24 heavy (non-hydrogen) atoms. The monoisotopic (exact) mass is 326 g/mol. The van der Waals surface area contributed by atoms with Crippen LogP contribution in [0, 0.1) is 5.92 Å². The molecule has 1 aliphatic rings. The minimum absolute atomic E-state index is 0.0624. The normalized spacial score (nSPS) is 16.7. The van der Waals surface area contributed by atoms with Crippen molar-refractivity contribution >= 4 is 5.91 Å². The van der Waals surface area contributed by atoms with Gasteiger partial charge in [-0.15, -0.1) is 0 Å². The smallest absolute Gasteiger partial charge is 0.259 e. The molecule has 1 aromatic heterocycles. The molecule has 1 aromatic carbocycles. The molecule has 0 bridgehead atoms. The number of amides is 1. The molecule has 1 saturated heterocycles. The van der Waals surface area contributed by atoms with Gasteiger partial charge in [0, 0.05) is 19.3 Å². The zero-order valence-corrected chi connectivity index (χ0v) is 13.8. The lowest BCUT2D eigenvalue weighted by atomic mass is 9.87. The second kappa shape index (κ2) is 7.45. The summed E-state index contributed by atoms with van der Waals surface area (Å²) in [6, 6.07) is 13.2. The maximum atomic E-state index is 12.7. The number of pyridine rings is 1. The van der Waals surface area contributed by atoms with Crippen molar-refractivity contribution in [3.8, 4) is 5.88 Å². The SMILES string of the molecule is COc1ncccc1C(=O)N1CCC([C@@H](O)c2ccccc2)CC1. The number of likely N-dealkylation sites (tertiary alicyclic amines) is 1. The van der Waals surface area contributed by atoms with Crippen LogP contribution >= 0.6 is 0 Å². The lowest BCUT2D eigenvalue weighted by Gasteiger charge is -2.34. The third kappa shape index (κ3) is 3.41. The standard InChI is InChI=1S/C19H22N2O3/c1-24-18-16(8-5-11-20-18)19(23)21-12-9-15(10-13-21)17(22)14-6-3-2-4-7-14/h2-8,11,15,17,22H,9-10,12-13H2,1H3/t17-/m0/s1. The molecular formula is C19H22N2O3. The summed E-state index contributed by atoms with van der Waals surface area (Å²) in [6.07, 6.45) is 2.70. The number of methoxy groups -OCH3 is 1. The summed E-state index contributed by atoms with van der Waals surface area (Å²) < 4.78 is 5.18. The molecule has 0 saturated carbocycles. The van der Waals surface area contributed by atoms with E-state index in [0.29, 0.717) is 24.5 Å². The van der Waals surface area contributed by atoms with E-state index < -0.39 is 6.10 Å². The number of aliphatic hydroxyl groups excluding tert-OH is 1. The molecule has 2 aromatic rings. The molecule has 1 amide bonds. The maximum absolute atomic E-state index is 12.7. The van der Waals surface area contributed by atoms with E-state index in [1.807, 2.05) is 35.2 Å². The van der Waals surface area contributed by atoms with Gasteiger partial charge in [-0.25, -0.2) is 4.98 Å². The number of benzene rings is 1. The second-order valence-corrected chi connectivity index (χ2v) is 6.05. The van der Waals surface area contributed by atoms with Crippen LogP contribution in [0.1, 0.15) is 34.9 Å².